The number of carbonyl (C=O) groups is 2. The lowest BCUT2D eigenvalue weighted by Gasteiger charge is -2.27. The Bertz CT molecular complexity index is 873. The van der Waals surface area contributed by atoms with E-state index in [9.17, 15) is 9.59 Å². The van der Waals surface area contributed by atoms with Crippen molar-refractivity contribution in [1.29, 1.82) is 0 Å². The van der Waals surface area contributed by atoms with Crippen LogP contribution in [0.25, 0.3) is 0 Å². The highest BCUT2D eigenvalue weighted by atomic mass is 16.2. The highest BCUT2D eigenvalue weighted by Gasteiger charge is 2.25. The Hall–Kier alpha value is -2.76. The third-order valence-electron chi connectivity index (χ3n) is 4.95. The van der Waals surface area contributed by atoms with E-state index >= 15 is 0 Å². The molecule has 168 valence electrons. The first kappa shape index (κ1) is 24.5. The van der Waals surface area contributed by atoms with E-state index in [1.54, 1.807) is 23.5 Å². The summed E-state index contributed by atoms with van der Waals surface area (Å²) in [6.45, 7) is 11.4. The number of pyridine rings is 2. The van der Waals surface area contributed by atoms with Crippen LogP contribution in [0, 0.1) is 10.8 Å². The molecule has 0 atom stereocenters. The van der Waals surface area contributed by atoms with Crippen LogP contribution in [0.2, 0.25) is 0 Å². The van der Waals surface area contributed by atoms with Crippen LogP contribution in [-0.2, 0) is 29.1 Å². The summed E-state index contributed by atoms with van der Waals surface area (Å²) >= 11 is 0. The Kier molecular flexibility index (Phi) is 8.31. The van der Waals surface area contributed by atoms with Crippen molar-refractivity contribution in [3.05, 3.63) is 59.7 Å². The fourth-order valence-corrected chi connectivity index (χ4v) is 3.43. The molecule has 6 nitrogen and oxygen atoms in total. The second-order valence-electron chi connectivity index (χ2n) is 10.3. The van der Waals surface area contributed by atoms with Gasteiger partial charge < -0.3 is 10.2 Å². The van der Waals surface area contributed by atoms with Gasteiger partial charge in [0.1, 0.15) is 0 Å². The van der Waals surface area contributed by atoms with Crippen molar-refractivity contribution >= 4 is 11.8 Å². The maximum atomic E-state index is 12.8. The van der Waals surface area contributed by atoms with Crippen molar-refractivity contribution in [3.63, 3.8) is 0 Å². The lowest BCUT2D eigenvalue weighted by atomic mass is 9.83. The zero-order valence-corrected chi connectivity index (χ0v) is 19.7. The number of hydrogen-bond donors (Lipinski definition) is 1. The van der Waals surface area contributed by atoms with Gasteiger partial charge in [-0.1, -0.05) is 34.6 Å². The SMILES string of the molecule is CN(Cc1ccncc1)C(=O)CC(C)(C)Cc1cc(CNC(=O)CC(C)(C)C)ccn1. The fraction of sp³-hybridized carbons (Fsp3) is 0.520. The molecule has 0 aliphatic rings. The fourth-order valence-electron chi connectivity index (χ4n) is 3.43. The Morgan fingerprint density at radius 1 is 0.968 bits per heavy atom. The smallest absolute Gasteiger partial charge is 0.223 e. The lowest BCUT2D eigenvalue weighted by Crippen LogP contribution is -2.31. The van der Waals surface area contributed by atoms with E-state index in [4.69, 9.17) is 0 Å². The Morgan fingerprint density at radius 2 is 1.61 bits per heavy atom. The van der Waals surface area contributed by atoms with E-state index in [1.807, 2.05) is 31.3 Å². The van der Waals surface area contributed by atoms with E-state index in [1.165, 1.54) is 0 Å². The zero-order valence-electron chi connectivity index (χ0n) is 19.7. The topological polar surface area (TPSA) is 75.2 Å². The number of nitrogens with zero attached hydrogens (tertiary/aromatic N) is 3. The first-order chi connectivity index (χ1) is 14.4. The standard InChI is InChI=1S/C25H36N4O2/c1-24(2,3)15-22(30)28-17-20-9-12-27-21(13-20)14-25(4,5)16-23(31)29(6)18-19-7-10-26-11-8-19/h7-13H,14-18H2,1-6H3,(H,28,30). The van der Waals surface area contributed by atoms with Crippen molar-refractivity contribution in [2.45, 2.75) is 67.0 Å². The molecule has 2 heterocycles. The molecule has 0 aromatic carbocycles. The number of nitrogens with one attached hydrogen (secondary N) is 1. The summed E-state index contributed by atoms with van der Waals surface area (Å²) < 4.78 is 0. The Labute approximate surface area is 186 Å². The minimum atomic E-state index is -0.231. The molecule has 2 amide bonds. The molecular weight excluding hydrogens is 388 g/mol. The predicted molar refractivity (Wildman–Crippen MR) is 123 cm³/mol. The average Bonchev–Trinajstić information content (AvgIpc) is 2.65. The van der Waals surface area contributed by atoms with Gasteiger partial charge in [0.15, 0.2) is 0 Å². The van der Waals surface area contributed by atoms with E-state index in [0.717, 1.165) is 16.8 Å². The zero-order chi connectivity index (χ0) is 23.1. The molecule has 0 aliphatic carbocycles. The summed E-state index contributed by atoms with van der Waals surface area (Å²) in [6, 6.07) is 7.78. The summed E-state index contributed by atoms with van der Waals surface area (Å²) in [5.74, 6) is 0.154. The molecule has 0 fully saturated rings. The number of amides is 2. The van der Waals surface area contributed by atoms with Crippen LogP contribution < -0.4 is 5.32 Å². The van der Waals surface area contributed by atoms with Crippen LogP contribution in [0.5, 0.6) is 0 Å². The number of carbonyl (C=O) groups excluding carboxylic acids is 2. The van der Waals surface area contributed by atoms with Crippen LogP contribution in [0.3, 0.4) is 0 Å². The van der Waals surface area contributed by atoms with Crippen LogP contribution in [0.1, 0.15) is 64.3 Å². The molecule has 1 N–H and O–H groups in total. The normalized spacial score (nSPS) is 11.8. The molecule has 2 rings (SSSR count). The predicted octanol–water partition coefficient (Wildman–Crippen LogP) is 4.15. The van der Waals surface area contributed by atoms with E-state index in [2.05, 4.69) is 49.9 Å². The van der Waals surface area contributed by atoms with Gasteiger partial charge in [0.05, 0.1) is 0 Å². The largest absolute Gasteiger partial charge is 0.352 e. The molecule has 0 saturated heterocycles. The monoisotopic (exact) mass is 424 g/mol. The molecule has 0 bridgehead atoms. The summed E-state index contributed by atoms with van der Waals surface area (Å²) in [5, 5.41) is 2.98. The molecule has 2 aromatic heterocycles. The van der Waals surface area contributed by atoms with Gasteiger partial charge in [-0.05, 0) is 52.6 Å². The number of hydrogen-bond acceptors (Lipinski definition) is 4. The van der Waals surface area contributed by atoms with Gasteiger partial charge >= 0.3 is 0 Å². The van der Waals surface area contributed by atoms with E-state index in [-0.39, 0.29) is 22.6 Å². The molecule has 0 radical (unpaired) electrons. The van der Waals surface area contributed by atoms with Crippen molar-refractivity contribution in [3.8, 4) is 0 Å². The third-order valence-corrected chi connectivity index (χ3v) is 4.95. The van der Waals surface area contributed by atoms with Crippen LogP contribution in [0.15, 0.2) is 42.9 Å². The Morgan fingerprint density at radius 3 is 2.26 bits per heavy atom. The summed E-state index contributed by atoms with van der Waals surface area (Å²) in [5.41, 5.74) is 2.74. The summed E-state index contributed by atoms with van der Waals surface area (Å²) in [7, 11) is 1.83. The van der Waals surface area contributed by atoms with Crippen LogP contribution in [0.4, 0.5) is 0 Å². The first-order valence-corrected chi connectivity index (χ1v) is 10.8. The van der Waals surface area contributed by atoms with Gasteiger partial charge in [0.25, 0.3) is 0 Å². The average molecular weight is 425 g/mol. The molecule has 0 saturated carbocycles. The highest BCUT2D eigenvalue weighted by molar-refractivity contribution is 5.77. The van der Waals surface area contributed by atoms with Crippen molar-refractivity contribution in [2.24, 2.45) is 10.8 Å². The minimum Gasteiger partial charge on any atom is -0.352 e. The maximum absolute atomic E-state index is 12.8. The van der Waals surface area contributed by atoms with Crippen LogP contribution >= 0.6 is 0 Å². The molecule has 0 spiro atoms. The summed E-state index contributed by atoms with van der Waals surface area (Å²) in [4.78, 5) is 35.1. The van der Waals surface area contributed by atoms with Crippen LogP contribution in [-0.4, -0.2) is 33.7 Å². The lowest BCUT2D eigenvalue weighted by molar-refractivity contribution is -0.132. The van der Waals surface area contributed by atoms with E-state index < -0.39 is 0 Å². The molecule has 6 heteroatoms. The number of rotatable bonds is 9. The minimum absolute atomic E-state index is 0.0331. The van der Waals surface area contributed by atoms with Crippen molar-refractivity contribution < 1.29 is 9.59 Å². The quantitative estimate of drug-likeness (QED) is 0.656. The van der Waals surface area contributed by atoms with Gasteiger partial charge in [0.2, 0.25) is 11.8 Å². The van der Waals surface area contributed by atoms with Gasteiger partial charge in [-0.3, -0.25) is 19.6 Å². The molecular formula is C25H36N4O2. The van der Waals surface area contributed by atoms with Gasteiger partial charge in [-0.2, -0.15) is 0 Å². The van der Waals surface area contributed by atoms with Gasteiger partial charge in [-0.15, -0.1) is 0 Å². The molecule has 2 aromatic rings. The second kappa shape index (κ2) is 10.5. The van der Waals surface area contributed by atoms with E-state index in [0.29, 0.717) is 32.4 Å². The summed E-state index contributed by atoms with van der Waals surface area (Å²) in [6.07, 6.45) is 6.86. The van der Waals surface area contributed by atoms with Crippen molar-refractivity contribution in [1.82, 2.24) is 20.2 Å². The van der Waals surface area contributed by atoms with Gasteiger partial charge in [0, 0.05) is 57.3 Å². The van der Waals surface area contributed by atoms with Crippen molar-refractivity contribution in [2.75, 3.05) is 7.05 Å². The molecule has 0 unspecified atom stereocenters. The molecule has 0 aliphatic heterocycles. The third kappa shape index (κ3) is 9.28. The molecule has 31 heavy (non-hydrogen) atoms. The maximum Gasteiger partial charge on any atom is 0.223 e. The first-order valence-electron chi connectivity index (χ1n) is 10.8. The highest BCUT2D eigenvalue weighted by Crippen LogP contribution is 2.26. The van der Waals surface area contributed by atoms with Gasteiger partial charge in [-0.25, -0.2) is 0 Å². The number of aromatic nitrogens is 2. The Balaban J connectivity index is 1.91. The second-order valence-corrected chi connectivity index (χ2v) is 10.3.